The van der Waals surface area contributed by atoms with E-state index in [-0.39, 0.29) is 134 Å². The van der Waals surface area contributed by atoms with Crippen molar-refractivity contribution in [2.24, 2.45) is 41.2 Å². The van der Waals surface area contributed by atoms with Crippen LogP contribution in [0.1, 0.15) is 174 Å². The second-order valence-corrected chi connectivity index (χ2v) is 34.2. The number of carbonyl (C=O) groups is 18. The molecular weight excluding hydrogens is 1780 g/mol. The third-order valence-electron chi connectivity index (χ3n) is 22.9. The minimum Gasteiger partial charge on any atom is -0.481 e. The Kier molecular flexibility index (Phi) is 51.5. The molecule has 1 heterocycles. The zero-order valence-corrected chi connectivity index (χ0v) is 79.6. The molecule has 1 fully saturated rings. The van der Waals surface area contributed by atoms with Crippen molar-refractivity contribution >= 4 is 118 Å². The first-order valence-corrected chi connectivity index (χ1v) is 45.4. The standard InChI is InChI=1S/C91H139N17O28/c1-14-55(8)77(68(131-12)49-72(112)108-43-21-26-67(108)78(132-13)56(9)79(115)101-66(88(126)127)48-57-22-16-15-17-23-57)106(10)85(121)75(53(4)5)105-84(120)76(54(6)7)107(11)91(130)135-50-58-27-31-61(32-28-58)98-81(117)62(25-20-41-96-89(92)128)100-83(119)74(52(2)3)104-82(118)63(99-71(111)51-136-93)35-37-69(109)94-42-45-134-47-46-133-44-39-70(110)97-60-33-29-59(30-34-60)80(116)95-40-19-18-24-64(86(122)123)102-90(129)103-65(87(124)125)36-38-73(113)114/h15-17,22-23,27-34,52-56,62-68,74-78H,14,18-21,24-26,35-51,93H2,1-13H3,(H,94,109)(H,95,116)(H,97,110)(H,98,117)(H,99,111)(H,100,119)(H,101,115)(H,104,118)(H,105,120)(H,113,114)(H,122,123)(H,124,125)(H,126,127)(H3,92,96,128)(H2,102,103,129)/t55-,56+,62-,63?,64-,65-,66-,67-,68+,74-,75-,76-,77-,78+/m0/s1. The smallest absolute Gasteiger partial charge is 0.410 e. The number of carboxylic acids is 4. The van der Waals surface area contributed by atoms with Crippen LogP contribution in [0.2, 0.25) is 0 Å². The number of likely N-dealkylation sites (tertiary alicyclic amines) is 1. The number of carbonyl (C=O) groups excluding carboxylic acids is 14. The molecule has 1 saturated heterocycles. The molecule has 0 aromatic heterocycles. The van der Waals surface area contributed by atoms with Crippen molar-refractivity contribution in [2.75, 3.05) is 98.2 Å². The highest BCUT2D eigenvalue weighted by Crippen LogP contribution is 2.31. The molecular formula is C91H139N17O28. The fourth-order valence-electron chi connectivity index (χ4n) is 15.2. The Morgan fingerprint density at radius 2 is 1.09 bits per heavy atom. The highest BCUT2D eigenvalue weighted by atomic mass is 16.6. The van der Waals surface area contributed by atoms with Crippen molar-refractivity contribution in [3.05, 3.63) is 95.6 Å². The van der Waals surface area contributed by atoms with Gasteiger partial charge in [0.1, 0.15) is 61.5 Å². The van der Waals surface area contributed by atoms with Gasteiger partial charge in [-0.25, -0.2) is 34.7 Å². The topological polar surface area (TPSA) is 650 Å². The van der Waals surface area contributed by atoms with Crippen molar-refractivity contribution in [1.82, 2.24) is 67.9 Å². The van der Waals surface area contributed by atoms with E-state index in [9.17, 15) is 102 Å². The second-order valence-electron chi connectivity index (χ2n) is 34.2. The molecule has 45 heteroatoms. The number of primary amides is 1. The molecule has 4 rings (SSSR count). The Morgan fingerprint density at radius 1 is 0.515 bits per heavy atom. The number of nitrogens with two attached hydrogens (primary N) is 2. The Labute approximate surface area is 790 Å². The summed E-state index contributed by atoms with van der Waals surface area (Å²) in [5.74, 6) is -9.66. The van der Waals surface area contributed by atoms with E-state index in [0.717, 1.165) is 10.5 Å². The number of amides is 16. The van der Waals surface area contributed by atoms with E-state index in [4.69, 9.17) is 40.4 Å². The van der Waals surface area contributed by atoms with Gasteiger partial charge in [-0.3, -0.25) is 67.3 Å². The maximum absolute atomic E-state index is 14.9. The minimum atomic E-state index is -1.56. The van der Waals surface area contributed by atoms with Crippen LogP contribution in [0.4, 0.5) is 25.8 Å². The summed E-state index contributed by atoms with van der Waals surface area (Å²) < 4.78 is 28.8. The molecule has 0 radical (unpaired) electrons. The number of likely N-dealkylation sites (N-methyl/N-ethyl adjacent to an activating group) is 2. The first kappa shape index (κ1) is 116. The molecule has 0 bridgehead atoms. The Morgan fingerprint density at radius 3 is 1.67 bits per heavy atom. The SMILES string of the molecule is CC[C@H](C)[C@@H]([C@@H](CC(=O)N1CCC[C@H]1[C@H](OC)[C@@H](C)C(=O)N[C@@H](Cc1ccccc1)C(=O)O)OC)N(C)C(=O)[C@@H](NC(=O)[C@H](C(C)C)N(C)C(=O)OCc1ccc(NC(=O)[C@H](CCCNC(N)=O)NC(=O)[C@@H](NC(=O)C(CCC(=O)NCCOCCOCCC(=O)Nc2ccc(C(=O)NCCCC[C@H](NC(=O)N[C@@H](CCC(=O)O)C(=O)O)C(=O)O)cc2)NC(=O)CON)C(C)C)cc1)C(C)C. The van der Waals surface area contributed by atoms with Gasteiger partial charge >= 0.3 is 42.0 Å². The zero-order chi connectivity index (χ0) is 101. The molecule has 0 aliphatic carbocycles. The van der Waals surface area contributed by atoms with Crippen LogP contribution in [0.5, 0.6) is 0 Å². The normalized spacial score (nSPS) is 15.2. The first-order valence-electron chi connectivity index (χ1n) is 45.4. The molecule has 3 aromatic rings. The molecule has 20 N–H and O–H groups in total. The van der Waals surface area contributed by atoms with Crippen LogP contribution in [0, 0.1) is 29.6 Å². The number of carboxylic acid groups (broad SMARTS) is 4. The number of hydrogen-bond acceptors (Lipinski definition) is 25. The molecule has 756 valence electrons. The average Bonchev–Trinajstić information content (AvgIpc) is 1.70. The van der Waals surface area contributed by atoms with E-state index in [1.807, 2.05) is 19.2 Å². The van der Waals surface area contributed by atoms with Crippen molar-refractivity contribution in [2.45, 2.75) is 238 Å². The van der Waals surface area contributed by atoms with Gasteiger partial charge in [0.05, 0.1) is 69.5 Å². The summed E-state index contributed by atoms with van der Waals surface area (Å²) >= 11 is 0. The van der Waals surface area contributed by atoms with Crippen LogP contribution in [-0.4, -0.2) is 302 Å². The molecule has 45 nitrogen and oxygen atoms in total. The quantitative estimate of drug-likeness (QED) is 0.0285. The maximum Gasteiger partial charge on any atom is 0.410 e. The molecule has 3 aromatic carbocycles. The Bertz CT molecular complexity index is 4420. The highest BCUT2D eigenvalue weighted by molar-refractivity contribution is 6.00. The third-order valence-corrected chi connectivity index (χ3v) is 22.9. The van der Waals surface area contributed by atoms with Crippen molar-refractivity contribution in [1.29, 1.82) is 0 Å². The lowest BCUT2D eigenvalue weighted by Gasteiger charge is -2.41. The lowest BCUT2D eigenvalue weighted by Crippen LogP contribution is -2.60. The minimum absolute atomic E-state index is 0.00338. The van der Waals surface area contributed by atoms with Gasteiger partial charge < -0.3 is 123 Å². The van der Waals surface area contributed by atoms with E-state index in [1.165, 1.54) is 62.6 Å². The molecule has 1 aliphatic heterocycles. The summed E-state index contributed by atoms with van der Waals surface area (Å²) in [4.78, 5) is 244. The number of urea groups is 2. The van der Waals surface area contributed by atoms with Gasteiger partial charge in [0.2, 0.25) is 59.1 Å². The predicted molar refractivity (Wildman–Crippen MR) is 493 cm³/mol. The van der Waals surface area contributed by atoms with Gasteiger partial charge in [0, 0.05) is 90.7 Å². The molecule has 16 amide bonds. The van der Waals surface area contributed by atoms with Crippen molar-refractivity contribution < 1.29 is 135 Å². The largest absolute Gasteiger partial charge is 0.481 e. The van der Waals surface area contributed by atoms with Crippen molar-refractivity contribution in [3.8, 4) is 0 Å². The molecule has 0 spiro atoms. The fraction of sp³-hybridized carbons (Fsp3) is 0.604. The molecule has 0 saturated carbocycles. The van der Waals surface area contributed by atoms with Crippen LogP contribution in [0.25, 0.3) is 0 Å². The van der Waals surface area contributed by atoms with Gasteiger partial charge in [-0.2, -0.15) is 0 Å². The van der Waals surface area contributed by atoms with E-state index < -0.39 is 217 Å². The number of methoxy groups -OCH3 is 2. The summed E-state index contributed by atoms with van der Waals surface area (Å²) in [7, 11) is 5.87. The predicted octanol–water partition coefficient (Wildman–Crippen LogP) is 2.47. The lowest BCUT2D eigenvalue weighted by atomic mass is 9.89. The lowest BCUT2D eigenvalue weighted by molar-refractivity contribution is -0.148. The number of aliphatic carboxylic acids is 4. The fourth-order valence-corrected chi connectivity index (χ4v) is 15.2. The van der Waals surface area contributed by atoms with Crippen molar-refractivity contribution in [3.63, 3.8) is 0 Å². The van der Waals surface area contributed by atoms with E-state index in [0.29, 0.717) is 43.5 Å². The monoisotopic (exact) mass is 1920 g/mol. The summed E-state index contributed by atoms with van der Waals surface area (Å²) in [5, 5.41) is 68.4. The van der Waals surface area contributed by atoms with E-state index in [1.54, 1.807) is 103 Å². The van der Waals surface area contributed by atoms with Gasteiger partial charge in [0.15, 0.2) is 0 Å². The summed E-state index contributed by atoms with van der Waals surface area (Å²) in [6.45, 7) is 15.4. The van der Waals surface area contributed by atoms with Gasteiger partial charge in [-0.05, 0) is 129 Å². The summed E-state index contributed by atoms with van der Waals surface area (Å²) in [6, 6.07) is 7.23. The summed E-state index contributed by atoms with van der Waals surface area (Å²) in [6.07, 6.45) is -2.07. The third kappa shape index (κ3) is 40.4. The van der Waals surface area contributed by atoms with Crippen LogP contribution in [0.15, 0.2) is 78.9 Å². The van der Waals surface area contributed by atoms with Gasteiger partial charge in [0.25, 0.3) is 5.91 Å². The number of rotatable bonds is 63. The van der Waals surface area contributed by atoms with Crippen LogP contribution in [-0.2, 0) is 109 Å². The zero-order valence-electron chi connectivity index (χ0n) is 79.6. The number of nitrogens with zero attached hydrogens (tertiary/aromatic N) is 3. The van der Waals surface area contributed by atoms with E-state index >= 15 is 0 Å². The first-order chi connectivity index (χ1) is 64.5. The number of unbranched alkanes of at least 4 members (excludes halogenated alkanes) is 1. The van der Waals surface area contributed by atoms with Crippen LogP contribution < -0.4 is 75.4 Å². The highest BCUT2D eigenvalue weighted by Gasteiger charge is 2.45. The number of hydrogen-bond donors (Lipinski definition) is 18. The molecule has 1 aliphatic rings. The van der Waals surface area contributed by atoms with E-state index in [2.05, 4.69) is 63.3 Å². The maximum atomic E-state index is 14.9. The van der Waals surface area contributed by atoms with Gasteiger partial charge in [-0.15, -0.1) is 0 Å². The van der Waals surface area contributed by atoms with Crippen LogP contribution in [0.3, 0.4) is 0 Å². The molecule has 1 unspecified atom stereocenters. The Hall–Kier alpha value is -12.7. The number of benzene rings is 3. The van der Waals surface area contributed by atoms with Crippen LogP contribution >= 0.6 is 0 Å². The van der Waals surface area contributed by atoms with Gasteiger partial charge in [-0.1, -0.05) is 111 Å². The summed E-state index contributed by atoms with van der Waals surface area (Å²) in [5.41, 5.74) is 7.34. The number of anilines is 2. The number of ether oxygens (including phenoxy) is 5. The Balaban J connectivity index is 1.27. The molecule has 14 atom stereocenters. The average molecular weight is 1920 g/mol. The second kappa shape index (κ2) is 60.6. The molecule has 136 heavy (non-hydrogen) atoms. The number of nitrogens with one attached hydrogen (secondary N) is 12.